The molecule has 1 saturated carbocycles. The van der Waals surface area contributed by atoms with Gasteiger partial charge >= 0.3 is 6.16 Å². The average molecular weight is 329 g/mol. The molecule has 0 saturated heterocycles. The van der Waals surface area contributed by atoms with E-state index in [4.69, 9.17) is 9.47 Å². The maximum atomic E-state index is 12.7. The van der Waals surface area contributed by atoms with Crippen LogP contribution in [0.4, 0.5) is 4.79 Å². The molecule has 5 nitrogen and oxygen atoms in total. The Morgan fingerprint density at radius 1 is 1.25 bits per heavy atom. The molecule has 3 rings (SSSR count). The average Bonchev–Trinajstić information content (AvgIpc) is 2.83. The Morgan fingerprint density at radius 2 is 1.92 bits per heavy atom. The van der Waals surface area contributed by atoms with Crippen molar-refractivity contribution in [2.75, 3.05) is 6.61 Å². The minimum atomic E-state index is -0.754. The molecule has 0 aromatic heterocycles. The van der Waals surface area contributed by atoms with Crippen LogP contribution in [0.1, 0.15) is 45.1 Å². The smallest absolute Gasteiger partial charge is 0.434 e. The molecule has 0 bridgehead atoms. The Hall–Kier alpha value is -2.30. The van der Waals surface area contributed by atoms with Gasteiger partial charge in [-0.25, -0.2) is 4.79 Å². The summed E-state index contributed by atoms with van der Waals surface area (Å²) in [7, 11) is 0. The summed E-state index contributed by atoms with van der Waals surface area (Å²) in [6.07, 6.45) is 2.75. The van der Waals surface area contributed by atoms with E-state index in [0.717, 1.165) is 31.2 Å². The van der Waals surface area contributed by atoms with Crippen molar-refractivity contribution in [2.45, 2.75) is 45.1 Å². The van der Waals surface area contributed by atoms with Crippen molar-refractivity contribution >= 4 is 17.6 Å². The van der Waals surface area contributed by atoms with Gasteiger partial charge in [0.2, 0.25) is 0 Å². The van der Waals surface area contributed by atoms with Gasteiger partial charge in [-0.3, -0.25) is 4.79 Å². The summed E-state index contributed by atoms with van der Waals surface area (Å²) in [5.74, 6) is 0.844. The molecule has 128 valence electrons. The number of hydrogen-bond donors (Lipinski definition) is 1. The lowest BCUT2D eigenvalue weighted by Crippen LogP contribution is -2.47. The van der Waals surface area contributed by atoms with Crippen LogP contribution in [0.5, 0.6) is 0 Å². The summed E-state index contributed by atoms with van der Waals surface area (Å²) in [6.45, 7) is 4.17. The van der Waals surface area contributed by atoms with Gasteiger partial charge in [0, 0.05) is 0 Å². The van der Waals surface area contributed by atoms with E-state index in [1.54, 1.807) is 6.92 Å². The standard InChI is InChI=1S/C19H23NO4/c1-3-23-18(22)24-16-15(14-7-5-4-6-8-14)17(21)20-19(16)11-9-13(2)10-12-19/h4-8,13H,3,9-12H2,1-2H3,(H,20,21). The van der Waals surface area contributed by atoms with Crippen molar-refractivity contribution in [2.24, 2.45) is 5.92 Å². The van der Waals surface area contributed by atoms with Crippen LogP contribution in [0, 0.1) is 5.92 Å². The van der Waals surface area contributed by atoms with Crippen molar-refractivity contribution in [3.8, 4) is 0 Å². The van der Waals surface area contributed by atoms with Crippen LogP contribution in [0.25, 0.3) is 5.57 Å². The minimum absolute atomic E-state index is 0.185. The molecule has 0 radical (unpaired) electrons. The number of ether oxygens (including phenoxy) is 2. The fourth-order valence-corrected chi connectivity index (χ4v) is 3.53. The van der Waals surface area contributed by atoms with Gasteiger partial charge in [-0.15, -0.1) is 0 Å². The number of carbonyl (C=O) groups is 2. The zero-order chi connectivity index (χ0) is 17.2. The van der Waals surface area contributed by atoms with Crippen LogP contribution in [0.3, 0.4) is 0 Å². The highest BCUT2D eigenvalue weighted by Crippen LogP contribution is 2.44. The summed E-state index contributed by atoms with van der Waals surface area (Å²) in [6, 6.07) is 9.33. The molecule has 1 aliphatic heterocycles. The van der Waals surface area contributed by atoms with Gasteiger partial charge in [-0.05, 0) is 44.1 Å². The summed E-state index contributed by atoms with van der Waals surface area (Å²) in [5, 5.41) is 3.09. The van der Waals surface area contributed by atoms with E-state index < -0.39 is 11.7 Å². The molecule has 0 unspecified atom stereocenters. The molecule has 1 aliphatic carbocycles. The van der Waals surface area contributed by atoms with E-state index in [9.17, 15) is 9.59 Å². The van der Waals surface area contributed by atoms with E-state index in [1.165, 1.54) is 0 Å². The van der Waals surface area contributed by atoms with Crippen molar-refractivity contribution in [3.63, 3.8) is 0 Å². The lowest BCUT2D eigenvalue weighted by atomic mass is 9.76. The summed E-state index contributed by atoms with van der Waals surface area (Å²) in [5.41, 5.74) is 0.602. The van der Waals surface area contributed by atoms with Crippen LogP contribution < -0.4 is 5.32 Å². The summed E-state index contributed by atoms with van der Waals surface area (Å²) < 4.78 is 10.5. The first-order chi connectivity index (χ1) is 11.6. The minimum Gasteiger partial charge on any atom is -0.434 e. The topological polar surface area (TPSA) is 64.6 Å². The Kier molecular flexibility index (Phi) is 4.60. The van der Waals surface area contributed by atoms with Crippen molar-refractivity contribution in [1.82, 2.24) is 5.32 Å². The van der Waals surface area contributed by atoms with Crippen molar-refractivity contribution in [1.29, 1.82) is 0 Å². The van der Waals surface area contributed by atoms with E-state index >= 15 is 0 Å². The first-order valence-electron chi connectivity index (χ1n) is 8.53. The summed E-state index contributed by atoms with van der Waals surface area (Å²) in [4.78, 5) is 24.6. The quantitative estimate of drug-likeness (QED) is 0.860. The van der Waals surface area contributed by atoms with Crippen LogP contribution in [-0.4, -0.2) is 24.2 Å². The molecular weight excluding hydrogens is 306 g/mol. The lowest BCUT2D eigenvalue weighted by Gasteiger charge is -2.37. The molecule has 2 aliphatic rings. The Bertz CT molecular complexity index is 657. The molecule has 5 heteroatoms. The number of carbonyl (C=O) groups excluding carboxylic acids is 2. The molecule has 1 amide bonds. The Morgan fingerprint density at radius 3 is 2.54 bits per heavy atom. The van der Waals surface area contributed by atoms with E-state index in [-0.39, 0.29) is 12.5 Å². The SMILES string of the molecule is CCOC(=O)OC1=C(c2ccccc2)C(=O)NC12CCC(C)CC2. The fourth-order valence-electron chi connectivity index (χ4n) is 3.53. The van der Waals surface area contributed by atoms with Gasteiger partial charge < -0.3 is 14.8 Å². The van der Waals surface area contributed by atoms with Crippen LogP contribution in [0.15, 0.2) is 36.1 Å². The van der Waals surface area contributed by atoms with Crippen LogP contribution >= 0.6 is 0 Å². The van der Waals surface area contributed by atoms with E-state index in [2.05, 4.69) is 12.2 Å². The molecule has 1 fully saturated rings. The third-order valence-electron chi connectivity index (χ3n) is 4.88. The highest BCUT2D eigenvalue weighted by Gasteiger charge is 2.49. The monoisotopic (exact) mass is 329 g/mol. The summed E-state index contributed by atoms with van der Waals surface area (Å²) >= 11 is 0. The number of hydrogen-bond acceptors (Lipinski definition) is 4. The maximum Gasteiger partial charge on any atom is 0.513 e. The Balaban J connectivity index is 2.03. The Labute approximate surface area is 142 Å². The first-order valence-corrected chi connectivity index (χ1v) is 8.53. The molecule has 1 heterocycles. The van der Waals surface area contributed by atoms with Gasteiger partial charge in [-0.2, -0.15) is 0 Å². The second-order valence-electron chi connectivity index (χ2n) is 6.57. The van der Waals surface area contributed by atoms with Gasteiger partial charge in [0.15, 0.2) is 0 Å². The number of amides is 1. The second-order valence-corrected chi connectivity index (χ2v) is 6.57. The predicted molar refractivity (Wildman–Crippen MR) is 90.0 cm³/mol. The lowest BCUT2D eigenvalue weighted by molar-refractivity contribution is -0.116. The van der Waals surface area contributed by atoms with Gasteiger partial charge in [0.1, 0.15) is 5.76 Å². The molecule has 24 heavy (non-hydrogen) atoms. The van der Waals surface area contributed by atoms with Crippen molar-refractivity contribution in [3.05, 3.63) is 41.7 Å². The van der Waals surface area contributed by atoms with E-state index in [1.807, 2.05) is 30.3 Å². The molecule has 1 aromatic carbocycles. The molecule has 0 atom stereocenters. The molecule has 1 spiro atoms. The largest absolute Gasteiger partial charge is 0.513 e. The highest BCUT2D eigenvalue weighted by atomic mass is 16.7. The van der Waals surface area contributed by atoms with Crippen LogP contribution in [-0.2, 0) is 14.3 Å². The van der Waals surface area contributed by atoms with E-state index in [0.29, 0.717) is 17.3 Å². The van der Waals surface area contributed by atoms with Gasteiger partial charge in [-0.1, -0.05) is 37.3 Å². The van der Waals surface area contributed by atoms with Crippen molar-refractivity contribution < 1.29 is 19.1 Å². The third kappa shape index (κ3) is 3.03. The zero-order valence-corrected chi connectivity index (χ0v) is 14.1. The van der Waals surface area contributed by atoms with Gasteiger partial charge in [0.25, 0.3) is 5.91 Å². The van der Waals surface area contributed by atoms with Crippen LogP contribution in [0.2, 0.25) is 0 Å². The zero-order valence-electron chi connectivity index (χ0n) is 14.1. The predicted octanol–water partition coefficient (Wildman–Crippen LogP) is 3.65. The number of benzene rings is 1. The highest BCUT2D eigenvalue weighted by molar-refractivity contribution is 6.23. The molecule has 1 N–H and O–H groups in total. The number of nitrogens with one attached hydrogen (secondary N) is 1. The molecular formula is C19H23NO4. The maximum absolute atomic E-state index is 12.7. The third-order valence-corrected chi connectivity index (χ3v) is 4.88. The normalized spacial score (nSPS) is 26.4. The van der Waals surface area contributed by atoms with Gasteiger partial charge in [0.05, 0.1) is 17.7 Å². The fraction of sp³-hybridized carbons (Fsp3) is 0.474. The number of rotatable bonds is 3. The second kappa shape index (κ2) is 6.67. The molecule has 1 aromatic rings. The first kappa shape index (κ1) is 16.6.